The van der Waals surface area contributed by atoms with Crippen molar-refractivity contribution in [2.75, 3.05) is 25.6 Å². The molecule has 1 amide bonds. The van der Waals surface area contributed by atoms with Crippen LogP contribution in [0.2, 0.25) is 0 Å². The predicted octanol–water partition coefficient (Wildman–Crippen LogP) is 2.97. The molecule has 126 valence electrons. The number of hydrogen-bond donors (Lipinski definition) is 1. The van der Waals surface area contributed by atoms with Crippen LogP contribution in [0.4, 0.5) is 5.69 Å². The van der Waals surface area contributed by atoms with Gasteiger partial charge in [0.15, 0.2) is 6.10 Å². The van der Waals surface area contributed by atoms with Crippen molar-refractivity contribution in [3.8, 4) is 11.5 Å². The van der Waals surface area contributed by atoms with Crippen LogP contribution in [0.3, 0.4) is 0 Å². The molecule has 24 heavy (non-hydrogen) atoms. The minimum atomic E-state index is -0.539. The third-order valence-corrected chi connectivity index (χ3v) is 4.50. The number of carbonyl (C=O) groups is 1. The molecule has 1 aliphatic heterocycles. The van der Waals surface area contributed by atoms with E-state index < -0.39 is 6.10 Å². The van der Waals surface area contributed by atoms with Crippen molar-refractivity contribution in [2.45, 2.75) is 12.6 Å². The van der Waals surface area contributed by atoms with Crippen molar-refractivity contribution < 1.29 is 14.3 Å². The van der Waals surface area contributed by atoms with Gasteiger partial charge in [-0.15, -0.1) is 0 Å². The first-order valence-electron chi connectivity index (χ1n) is 7.67. The molecule has 0 bridgehead atoms. The lowest BCUT2D eigenvalue weighted by atomic mass is 10.1. The summed E-state index contributed by atoms with van der Waals surface area (Å²) in [5, 5.41) is 2.66. The van der Waals surface area contributed by atoms with Crippen LogP contribution in [-0.2, 0) is 11.3 Å². The Kier molecular flexibility index (Phi) is 4.94. The average Bonchev–Trinajstić information content (AvgIpc) is 2.61. The van der Waals surface area contributed by atoms with E-state index in [0.29, 0.717) is 18.8 Å². The van der Waals surface area contributed by atoms with E-state index in [1.165, 1.54) is 0 Å². The van der Waals surface area contributed by atoms with Gasteiger partial charge in [0.2, 0.25) is 0 Å². The number of amides is 1. The van der Waals surface area contributed by atoms with E-state index in [2.05, 4.69) is 26.1 Å². The Bertz CT molecular complexity index is 751. The van der Waals surface area contributed by atoms with Crippen molar-refractivity contribution in [1.82, 2.24) is 5.32 Å². The topological polar surface area (TPSA) is 50.8 Å². The van der Waals surface area contributed by atoms with Gasteiger partial charge in [0.25, 0.3) is 5.91 Å². The van der Waals surface area contributed by atoms with Gasteiger partial charge in [-0.25, -0.2) is 0 Å². The SMILES string of the molecule is CNC(=O)[C@@H]1CN(Cc2cc(Br)ccc2OC)c2ccccc2O1. The zero-order valence-corrected chi connectivity index (χ0v) is 15.2. The lowest BCUT2D eigenvalue weighted by Gasteiger charge is -2.35. The third-order valence-electron chi connectivity index (χ3n) is 4.00. The summed E-state index contributed by atoms with van der Waals surface area (Å²) in [4.78, 5) is 14.2. The Hall–Kier alpha value is -2.21. The van der Waals surface area contributed by atoms with Crippen molar-refractivity contribution in [3.63, 3.8) is 0 Å². The number of likely N-dealkylation sites (N-methyl/N-ethyl adjacent to an activating group) is 1. The summed E-state index contributed by atoms with van der Waals surface area (Å²) in [6, 6.07) is 13.7. The number of nitrogens with one attached hydrogen (secondary N) is 1. The maximum atomic E-state index is 12.1. The quantitative estimate of drug-likeness (QED) is 0.871. The van der Waals surface area contributed by atoms with E-state index in [9.17, 15) is 4.79 Å². The van der Waals surface area contributed by atoms with E-state index in [1.807, 2.05) is 42.5 Å². The summed E-state index contributed by atoms with van der Waals surface area (Å²) in [7, 11) is 3.28. The van der Waals surface area contributed by atoms with Gasteiger partial charge in [0, 0.05) is 23.6 Å². The maximum absolute atomic E-state index is 12.1. The van der Waals surface area contributed by atoms with Gasteiger partial charge in [-0.1, -0.05) is 28.1 Å². The number of para-hydroxylation sites is 2. The van der Waals surface area contributed by atoms with Gasteiger partial charge in [-0.05, 0) is 30.3 Å². The second-order valence-corrected chi connectivity index (χ2v) is 6.44. The predicted molar refractivity (Wildman–Crippen MR) is 96.7 cm³/mol. The number of anilines is 1. The summed E-state index contributed by atoms with van der Waals surface area (Å²) < 4.78 is 12.3. The van der Waals surface area contributed by atoms with Crippen molar-refractivity contribution in [2.24, 2.45) is 0 Å². The smallest absolute Gasteiger partial charge is 0.262 e. The molecular weight excluding hydrogens is 372 g/mol. The fourth-order valence-corrected chi connectivity index (χ4v) is 3.24. The van der Waals surface area contributed by atoms with E-state index >= 15 is 0 Å². The molecule has 0 spiro atoms. The van der Waals surface area contributed by atoms with E-state index in [-0.39, 0.29) is 5.91 Å². The lowest BCUT2D eigenvalue weighted by Crippen LogP contribution is -2.47. The molecule has 1 heterocycles. The molecule has 1 atom stereocenters. The van der Waals surface area contributed by atoms with Gasteiger partial charge in [-0.3, -0.25) is 4.79 Å². The highest BCUT2D eigenvalue weighted by Gasteiger charge is 2.30. The minimum absolute atomic E-state index is 0.129. The monoisotopic (exact) mass is 390 g/mol. The molecule has 0 aliphatic carbocycles. The molecule has 0 fully saturated rings. The van der Waals surface area contributed by atoms with E-state index in [4.69, 9.17) is 9.47 Å². The number of halogens is 1. The molecule has 0 radical (unpaired) electrons. The van der Waals surface area contributed by atoms with Crippen molar-refractivity contribution in [1.29, 1.82) is 0 Å². The molecule has 2 aromatic rings. The Labute approximate surface area is 149 Å². The van der Waals surface area contributed by atoms with Crippen LogP contribution in [0.1, 0.15) is 5.56 Å². The van der Waals surface area contributed by atoms with E-state index in [1.54, 1.807) is 14.2 Å². The van der Waals surface area contributed by atoms with Crippen LogP contribution in [0.15, 0.2) is 46.9 Å². The number of methoxy groups -OCH3 is 1. The molecular formula is C18H19BrN2O3. The minimum Gasteiger partial charge on any atom is -0.496 e. The summed E-state index contributed by atoms with van der Waals surface area (Å²) in [6.07, 6.45) is -0.539. The van der Waals surface area contributed by atoms with E-state index in [0.717, 1.165) is 21.5 Å². The number of hydrogen-bond acceptors (Lipinski definition) is 4. The van der Waals surface area contributed by atoms with Crippen molar-refractivity contribution in [3.05, 3.63) is 52.5 Å². The fraction of sp³-hybridized carbons (Fsp3) is 0.278. The van der Waals surface area contributed by atoms with Gasteiger partial charge in [0.05, 0.1) is 19.3 Å². The number of benzene rings is 2. The van der Waals surface area contributed by atoms with Gasteiger partial charge < -0.3 is 19.7 Å². The van der Waals surface area contributed by atoms with Crippen LogP contribution in [-0.4, -0.2) is 32.7 Å². The Balaban J connectivity index is 1.94. The molecule has 2 aromatic carbocycles. The molecule has 3 rings (SSSR count). The van der Waals surface area contributed by atoms with Crippen LogP contribution in [0.5, 0.6) is 11.5 Å². The van der Waals surface area contributed by atoms with Crippen LogP contribution in [0, 0.1) is 0 Å². The first-order valence-corrected chi connectivity index (χ1v) is 8.46. The molecule has 1 N–H and O–H groups in total. The highest BCUT2D eigenvalue weighted by atomic mass is 79.9. The van der Waals surface area contributed by atoms with Crippen LogP contribution in [0.25, 0.3) is 0 Å². The Morgan fingerprint density at radius 1 is 1.38 bits per heavy atom. The van der Waals surface area contributed by atoms with Crippen LogP contribution < -0.4 is 19.7 Å². The summed E-state index contributed by atoms with van der Waals surface area (Å²) in [5.74, 6) is 1.40. The molecule has 1 aliphatic rings. The normalized spacial score (nSPS) is 16.1. The standard InChI is InChI=1S/C18H19BrN2O3/c1-20-18(22)17-11-21(14-5-3-4-6-16(14)24-17)10-12-9-13(19)7-8-15(12)23-2/h3-9,17H,10-11H2,1-2H3,(H,20,22)/t17-/m0/s1. The Morgan fingerprint density at radius 3 is 2.92 bits per heavy atom. The second kappa shape index (κ2) is 7.13. The zero-order chi connectivity index (χ0) is 17.1. The van der Waals surface area contributed by atoms with Gasteiger partial charge in [-0.2, -0.15) is 0 Å². The summed E-state index contributed by atoms with van der Waals surface area (Å²) in [5.41, 5.74) is 2.01. The first-order chi connectivity index (χ1) is 11.6. The first kappa shape index (κ1) is 16.6. The highest BCUT2D eigenvalue weighted by Crippen LogP contribution is 2.35. The molecule has 0 unspecified atom stereocenters. The van der Waals surface area contributed by atoms with Crippen molar-refractivity contribution >= 4 is 27.5 Å². The fourth-order valence-electron chi connectivity index (χ4n) is 2.83. The van der Waals surface area contributed by atoms with Gasteiger partial charge >= 0.3 is 0 Å². The van der Waals surface area contributed by atoms with Gasteiger partial charge in [0.1, 0.15) is 11.5 Å². The highest BCUT2D eigenvalue weighted by molar-refractivity contribution is 9.10. The average molecular weight is 391 g/mol. The molecule has 6 heteroatoms. The molecule has 0 saturated carbocycles. The summed E-state index contributed by atoms with van der Waals surface area (Å²) in [6.45, 7) is 1.10. The lowest BCUT2D eigenvalue weighted by molar-refractivity contribution is -0.127. The van der Waals surface area contributed by atoms with Crippen LogP contribution >= 0.6 is 15.9 Å². The third kappa shape index (κ3) is 3.33. The zero-order valence-electron chi connectivity index (χ0n) is 13.6. The number of carbonyl (C=O) groups excluding carboxylic acids is 1. The molecule has 5 nitrogen and oxygen atoms in total. The summed E-state index contributed by atoms with van der Waals surface area (Å²) >= 11 is 3.51. The second-order valence-electron chi connectivity index (χ2n) is 5.53. The number of rotatable bonds is 4. The Morgan fingerprint density at radius 2 is 2.17 bits per heavy atom. The number of ether oxygens (including phenoxy) is 2. The molecule has 0 saturated heterocycles. The number of nitrogens with zero attached hydrogens (tertiary/aromatic N) is 1. The molecule has 0 aromatic heterocycles. The number of fused-ring (bicyclic) bond motifs is 1. The largest absolute Gasteiger partial charge is 0.496 e. The maximum Gasteiger partial charge on any atom is 0.262 e.